The standard InChI is InChI=1S/C12H15ClN6/c1-7(2)15-11-17-10(14)18-12(19-11)16-9-5-3-4-8(13)6-9/h3-7H,1-2H3,(H4,14,15,16,17,18,19). The molecule has 4 N–H and O–H groups in total. The van der Waals surface area contributed by atoms with Crippen molar-refractivity contribution in [1.29, 1.82) is 0 Å². The van der Waals surface area contributed by atoms with Crippen molar-refractivity contribution in [2.75, 3.05) is 16.4 Å². The highest BCUT2D eigenvalue weighted by Gasteiger charge is 2.06. The molecular formula is C12H15ClN6. The summed E-state index contributed by atoms with van der Waals surface area (Å²) in [5.74, 6) is 0.965. The normalized spacial score (nSPS) is 10.5. The Kier molecular flexibility index (Phi) is 4.01. The third-order valence-corrected chi connectivity index (χ3v) is 2.39. The van der Waals surface area contributed by atoms with Crippen LogP contribution in [-0.2, 0) is 0 Å². The number of nitrogen functional groups attached to an aromatic ring is 1. The van der Waals surface area contributed by atoms with Crippen molar-refractivity contribution in [3.8, 4) is 0 Å². The molecule has 7 heteroatoms. The largest absolute Gasteiger partial charge is 0.368 e. The quantitative estimate of drug-likeness (QED) is 0.797. The Morgan fingerprint density at radius 3 is 2.58 bits per heavy atom. The van der Waals surface area contributed by atoms with Crippen molar-refractivity contribution in [3.05, 3.63) is 29.3 Å². The number of hydrogen-bond donors (Lipinski definition) is 3. The molecule has 1 aromatic carbocycles. The maximum Gasteiger partial charge on any atom is 0.233 e. The first-order valence-corrected chi connectivity index (χ1v) is 6.21. The summed E-state index contributed by atoms with van der Waals surface area (Å²) in [7, 11) is 0. The molecule has 0 unspecified atom stereocenters. The Balaban J connectivity index is 2.22. The number of hydrogen-bond acceptors (Lipinski definition) is 6. The van der Waals surface area contributed by atoms with E-state index in [1.807, 2.05) is 26.0 Å². The Morgan fingerprint density at radius 2 is 1.89 bits per heavy atom. The van der Waals surface area contributed by atoms with Gasteiger partial charge in [0.05, 0.1) is 0 Å². The first-order valence-electron chi connectivity index (χ1n) is 5.83. The van der Waals surface area contributed by atoms with Crippen molar-refractivity contribution in [1.82, 2.24) is 15.0 Å². The van der Waals surface area contributed by atoms with Crippen LogP contribution in [0.2, 0.25) is 5.02 Å². The van der Waals surface area contributed by atoms with Gasteiger partial charge in [0.25, 0.3) is 0 Å². The molecule has 0 amide bonds. The van der Waals surface area contributed by atoms with Crippen LogP contribution in [0, 0.1) is 0 Å². The Hall–Kier alpha value is -2.08. The molecule has 0 atom stereocenters. The second-order valence-corrected chi connectivity index (χ2v) is 4.71. The molecule has 1 aromatic heterocycles. The molecule has 0 saturated carbocycles. The molecule has 0 aliphatic rings. The van der Waals surface area contributed by atoms with Crippen molar-refractivity contribution >= 4 is 35.1 Å². The second-order valence-electron chi connectivity index (χ2n) is 4.28. The molecule has 0 saturated heterocycles. The number of halogens is 1. The minimum Gasteiger partial charge on any atom is -0.368 e. The second kappa shape index (κ2) is 5.71. The van der Waals surface area contributed by atoms with Crippen LogP contribution in [0.4, 0.5) is 23.5 Å². The van der Waals surface area contributed by atoms with E-state index in [4.69, 9.17) is 17.3 Å². The molecule has 0 radical (unpaired) electrons. The molecule has 0 spiro atoms. The molecular weight excluding hydrogens is 264 g/mol. The van der Waals surface area contributed by atoms with Gasteiger partial charge in [0.1, 0.15) is 0 Å². The summed E-state index contributed by atoms with van der Waals surface area (Å²) in [5, 5.41) is 6.74. The monoisotopic (exact) mass is 278 g/mol. The zero-order chi connectivity index (χ0) is 13.8. The average Bonchev–Trinajstić information content (AvgIpc) is 2.26. The molecule has 0 fully saturated rings. The van der Waals surface area contributed by atoms with Crippen LogP contribution < -0.4 is 16.4 Å². The lowest BCUT2D eigenvalue weighted by Gasteiger charge is -2.10. The summed E-state index contributed by atoms with van der Waals surface area (Å²) in [6, 6.07) is 7.47. The number of anilines is 4. The van der Waals surface area contributed by atoms with Crippen LogP contribution in [0.5, 0.6) is 0 Å². The maximum absolute atomic E-state index is 5.91. The van der Waals surface area contributed by atoms with E-state index in [-0.39, 0.29) is 12.0 Å². The van der Waals surface area contributed by atoms with E-state index in [2.05, 4.69) is 25.6 Å². The molecule has 2 aromatic rings. The summed E-state index contributed by atoms with van der Waals surface area (Å²) in [6.07, 6.45) is 0. The van der Waals surface area contributed by atoms with Crippen LogP contribution >= 0.6 is 11.6 Å². The van der Waals surface area contributed by atoms with Gasteiger partial charge >= 0.3 is 0 Å². The number of rotatable bonds is 4. The van der Waals surface area contributed by atoms with Gasteiger partial charge in [-0.1, -0.05) is 17.7 Å². The predicted molar refractivity (Wildman–Crippen MR) is 77.7 cm³/mol. The highest BCUT2D eigenvalue weighted by Crippen LogP contribution is 2.18. The average molecular weight is 279 g/mol. The zero-order valence-electron chi connectivity index (χ0n) is 10.7. The number of aromatic nitrogens is 3. The van der Waals surface area contributed by atoms with E-state index in [9.17, 15) is 0 Å². The van der Waals surface area contributed by atoms with E-state index in [0.29, 0.717) is 16.9 Å². The third kappa shape index (κ3) is 3.96. The Bertz CT molecular complexity index is 572. The van der Waals surface area contributed by atoms with Crippen molar-refractivity contribution in [3.63, 3.8) is 0 Å². The highest BCUT2D eigenvalue weighted by molar-refractivity contribution is 6.30. The first kappa shape index (κ1) is 13.4. The summed E-state index contributed by atoms with van der Waals surface area (Å²) < 4.78 is 0. The SMILES string of the molecule is CC(C)Nc1nc(N)nc(Nc2cccc(Cl)c2)n1. The van der Waals surface area contributed by atoms with Crippen LogP contribution in [0.1, 0.15) is 13.8 Å². The fraction of sp³-hybridized carbons (Fsp3) is 0.250. The molecule has 19 heavy (non-hydrogen) atoms. The fourth-order valence-corrected chi connectivity index (χ4v) is 1.66. The van der Waals surface area contributed by atoms with Crippen molar-refractivity contribution in [2.24, 2.45) is 0 Å². The van der Waals surface area contributed by atoms with Crippen molar-refractivity contribution < 1.29 is 0 Å². The minimum absolute atomic E-state index is 0.155. The smallest absolute Gasteiger partial charge is 0.233 e. The summed E-state index contributed by atoms with van der Waals surface area (Å²) >= 11 is 5.91. The van der Waals surface area contributed by atoms with E-state index in [0.717, 1.165) is 5.69 Å². The number of nitrogens with two attached hydrogens (primary N) is 1. The minimum atomic E-state index is 0.155. The van der Waals surface area contributed by atoms with Gasteiger partial charge in [0, 0.05) is 16.8 Å². The maximum atomic E-state index is 5.91. The van der Waals surface area contributed by atoms with E-state index >= 15 is 0 Å². The van der Waals surface area contributed by atoms with Gasteiger partial charge in [-0.2, -0.15) is 15.0 Å². The molecule has 100 valence electrons. The fourth-order valence-electron chi connectivity index (χ4n) is 1.47. The van der Waals surface area contributed by atoms with Gasteiger partial charge in [-0.15, -0.1) is 0 Å². The van der Waals surface area contributed by atoms with Crippen LogP contribution in [-0.4, -0.2) is 21.0 Å². The summed E-state index contributed by atoms with van der Waals surface area (Å²) in [5.41, 5.74) is 6.44. The van der Waals surface area contributed by atoms with Gasteiger partial charge in [-0.25, -0.2) is 0 Å². The number of nitrogens with one attached hydrogen (secondary N) is 2. The highest BCUT2D eigenvalue weighted by atomic mass is 35.5. The van der Waals surface area contributed by atoms with Gasteiger partial charge in [-0.3, -0.25) is 0 Å². The van der Waals surface area contributed by atoms with E-state index < -0.39 is 0 Å². The lowest BCUT2D eigenvalue weighted by atomic mass is 10.3. The lowest BCUT2D eigenvalue weighted by Crippen LogP contribution is -2.15. The van der Waals surface area contributed by atoms with Crippen LogP contribution in [0.15, 0.2) is 24.3 Å². The van der Waals surface area contributed by atoms with Crippen molar-refractivity contribution in [2.45, 2.75) is 19.9 Å². The first-order chi connectivity index (χ1) is 9.02. The number of benzene rings is 1. The van der Waals surface area contributed by atoms with Gasteiger partial charge in [-0.05, 0) is 32.0 Å². The molecule has 0 aliphatic carbocycles. The van der Waals surface area contributed by atoms with E-state index in [1.54, 1.807) is 12.1 Å². The van der Waals surface area contributed by atoms with Gasteiger partial charge < -0.3 is 16.4 Å². The number of nitrogens with zero attached hydrogens (tertiary/aromatic N) is 3. The third-order valence-electron chi connectivity index (χ3n) is 2.15. The molecule has 6 nitrogen and oxygen atoms in total. The molecule has 0 bridgehead atoms. The van der Waals surface area contributed by atoms with Crippen LogP contribution in [0.3, 0.4) is 0 Å². The van der Waals surface area contributed by atoms with Gasteiger partial charge in [0.15, 0.2) is 0 Å². The summed E-state index contributed by atoms with van der Waals surface area (Å²) in [6.45, 7) is 3.98. The topological polar surface area (TPSA) is 88.8 Å². The molecule has 2 rings (SSSR count). The van der Waals surface area contributed by atoms with Gasteiger partial charge in [0.2, 0.25) is 17.8 Å². The van der Waals surface area contributed by atoms with Crippen LogP contribution in [0.25, 0.3) is 0 Å². The predicted octanol–water partition coefficient (Wildman–Crippen LogP) is 2.67. The zero-order valence-corrected chi connectivity index (χ0v) is 11.4. The Morgan fingerprint density at radius 1 is 1.16 bits per heavy atom. The molecule has 0 aliphatic heterocycles. The Labute approximate surface area is 116 Å². The lowest BCUT2D eigenvalue weighted by molar-refractivity contribution is 0.870. The van der Waals surface area contributed by atoms with E-state index in [1.165, 1.54) is 0 Å². The summed E-state index contributed by atoms with van der Waals surface area (Å²) in [4.78, 5) is 12.3. The molecule has 1 heterocycles.